The summed E-state index contributed by atoms with van der Waals surface area (Å²) in [4.78, 5) is 13.4. The van der Waals surface area contributed by atoms with Crippen LogP contribution in [0.1, 0.15) is 19.4 Å². The van der Waals surface area contributed by atoms with Gasteiger partial charge < -0.3 is 15.7 Å². The number of pyridine rings is 1. The summed E-state index contributed by atoms with van der Waals surface area (Å²) in [6.07, 6.45) is 1.70. The fourth-order valence-corrected chi connectivity index (χ4v) is 2.64. The average Bonchev–Trinajstić information content (AvgIpc) is 2.72. The zero-order chi connectivity index (χ0) is 19.9. The van der Waals surface area contributed by atoms with Crippen molar-refractivity contribution >= 4 is 17.5 Å². The molecule has 28 heavy (non-hydrogen) atoms. The molecule has 0 fully saturated rings. The highest BCUT2D eigenvalue weighted by Crippen LogP contribution is 2.24. The van der Waals surface area contributed by atoms with Crippen molar-refractivity contribution in [1.82, 2.24) is 15.0 Å². The molecule has 7 heteroatoms. The Morgan fingerprint density at radius 3 is 2.54 bits per heavy atom. The van der Waals surface area contributed by atoms with Crippen LogP contribution in [-0.4, -0.2) is 32.7 Å². The van der Waals surface area contributed by atoms with Crippen LogP contribution >= 0.6 is 0 Å². The van der Waals surface area contributed by atoms with Gasteiger partial charge in [-0.15, -0.1) is 0 Å². The molecule has 2 aromatic heterocycles. The number of para-hydroxylation sites is 1. The lowest BCUT2D eigenvalue weighted by Gasteiger charge is -2.20. The van der Waals surface area contributed by atoms with Gasteiger partial charge in [0, 0.05) is 12.3 Å². The van der Waals surface area contributed by atoms with E-state index < -0.39 is 0 Å². The number of anilines is 3. The van der Waals surface area contributed by atoms with Gasteiger partial charge >= 0.3 is 0 Å². The smallest absolute Gasteiger partial charge is 0.225 e. The molecule has 2 heterocycles. The predicted molar refractivity (Wildman–Crippen MR) is 109 cm³/mol. The second kappa shape index (κ2) is 8.93. The summed E-state index contributed by atoms with van der Waals surface area (Å²) >= 11 is 0. The number of hydrogen-bond donors (Lipinski definition) is 3. The lowest BCUT2D eigenvalue weighted by molar-refractivity contribution is 0.248. The first-order valence-electron chi connectivity index (χ1n) is 9.04. The Morgan fingerprint density at radius 1 is 1.07 bits per heavy atom. The van der Waals surface area contributed by atoms with Crippen molar-refractivity contribution in [3.8, 4) is 17.5 Å². The summed E-state index contributed by atoms with van der Waals surface area (Å²) in [5.41, 5.74) is 2.51. The second-order valence-electron chi connectivity index (χ2n) is 6.64. The largest absolute Gasteiger partial charge is 0.394 e. The van der Waals surface area contributed by atoms with E-state index in [4.69, 9.17) is 0 Å². The average molecular weight is 374 g/mol. The molecule has 3 N–H and O–H groups in total. The van der Waals surface area contributed by atoms with E-state index in [9.17, 15) is 10.4 Å². The van der Waals surface area contributed by atoms with Gasteiger partial charge in [-0.25, -0.2) is 4.98 Å². The van der Waals surface area contributed by atoms with Crippen LogP contribution in [-0.2, 0) is 0 Å². The first kappa shape index (κ1) is 19.3. The number of nitriles is 1. The highest BCUT2D eigenvalue weighted by Gasteiger charge is 2.15. The normalized spacial score (nSPS) is 11.7. The molecule has 142 valence electrons. The number of nitrogens with zero attached hydrogens (tertiary/aromatic N) is 4. The first-order valence-corrected chi connectivity index (χ1v) is 9.04. The molecule has 0 aliphatic heterocycles. The van der Waals surface area contributed by atoms with Crippen molar-refractivity contribution in [2.24, 2.45) is 5.92 Å². The van der Waals surface area contributed by atoms with Gasteiger partial charge in [0.2, 0.25) is 5.95 Å². The summed E-state index contributed by atoms with van der Waals surface area (Å²) in [6, 6.07) is 16.6. The second-order valence-corrected chi connectivity index (χ2v) is 6.64. The number of rotatable bonds is 7. The van der Waals surface area contributed by atoms with Crippen molar-refractivity contribution in [1.29, 1.82) is 5.26 Å². The minimum absolute atomic E-state index is 0.0329. The van der Waals surface area contributed by atoms with E-state index in [0.717, 1.165) is 0 Å². The van der Waals surface area contributed by atoms with Gasteiger partial charge in [0.05, 0.1) is 35.3 Å². The Kier molecular flexibility index (Phi) is 6.14. The van der Waals surface area contributed by atoms with Crippen LogP contribution in [0.3, 0.4) is 0 Å². The van der Waals surface area contributed by atoms with E-state index >= 15 is 0 Å². The fraction of sp³-hybridized carbons (Fsp3) is 0.238. The zero-order valence-electron chi connectivity index (χ0n) is 15.8. The summed E-state index contributed by atoms with van der Waals surface area (Å²) < 4.78 is 0. The van der Waals surface area contributed by atoms with Gasteiger partial charge in [-0.3, -0.25) is 4.98 Å². The number of benzene rings is 1. The molecule has 0 unspecified atom stereocenters. The SMILES string of the molecule is CC(C)[C@@H](CO)Nc1nc(Nc2ccccc2C#N)cc(-c2ccccn2)n1. The van der Waals surface area contributed by atoms with E-state index in [1.807, 2.05) is 50.2 Å². The first-order chi connectivity index (χ1) is 13.6. The van der Waals surface area contributed by atoms with Crippen LogP contribution in [0.5, 0.6) is 0 Å². The zero-order valence-corrected chi connectivity index (χ0v) is 15.8. The third-order valence-electron chi connectivity index (χ3n) is 4.28. The van der Waals surface area contributed by atoms with Gasteiger partial charge in [-0.2, -0.15) is 10.2 Å². The quantitative estimate of drug-likeness (QED) is 0.580. The van der Waals surface area contributed by atoms with Crippen LogP contribution in [0.25, 0.3) is 11.4 Å². The van der Waals surface area contributed by atoms with Gasteiger partial charge in [-0.05, 0) is 30.2 Å². The summed E-state index contributed by atoms with van der Waals surface area (Å²) in [5, 5.41) is 25.3. The van der Waals surface area contributed by atoms with Crippen LogP contribution in [0.4, 0.5) is 17.5 Å². The number of aliphatic hydroxyl groups is 1. The minimum Gasteiger partial charge on any atom is -0.394 e. The molecule has 3 aromatic rings. The van der Waals surface area contributed by atoms with E-state index in [-0.39, 0.29) is 18.6 Å². The van der Waals surface area contributed by atoms with Crippen LogP contribution in [0.2, 0.25) is 0 Å². The molecule has 0 saturated heterocycles. The molecular weight excluding hydrogens is 352 g/mol. The number of aromatic nitrogens is 3. The van der Waals surface area contributed by atoms with E-state index in [0.29, 0.717) is 34.4 Å². The highest BCUT2D eigenvalue weighted by atomic mass is 16.3. The van der Waals surface area contributed by atoms with Gasteiger partial charge in [-0.1, -0.05) is 32.0 Å². The summed E-state index contributed by atoms with van der Waals surface area (Å²) in [7, 11) is 0. The molecular formula is C21H22N6O. The lowest BCUT2D eigenvalue weighted by Crippen LogP contribution is -2.30. The molecule has 1 atom stereocenters. The number of hydrogen-bond acceptors (Lipinski definition) is 7. The molecule has 0 aliphatic carbocycles. The van der Waals surface area contributed by atoms with Gasteiger partial charge in [0.1, 0.15) is 11.9 Å². The third-order valence-corrected chi connectivity index (χ3v) is 4.28. The lowest BCUT2D eigenvalue weighted by atomic mass is 10.1. The molecule has 0 spiro atoms. The van der Waals surface area contributed by atoms with Crippen molar-refractivity contribution in [2.75, 3.05) is 17.2 Å². The minimum atomic E-state index is -0.182. The van der Waals surface area contributed by atoms with Gasteiger partial charge in [0.15, 0.2) is 0 Å². The maximum atomic E-state index is 9.63. The van der Waals surface area contributed by atoms with Crippen LogP contribution < -0.4 is 10.6 Å². The third kappa shape index (κ3) is 4.61. The molecule has 0 aliphatic rings. The Morgan fingerprint density at radius 2 is 1.86 bits per heavy atom. The Bertz CT molecular complexity index is 968. The maximum Gasteiger partial charge on any atom is 0.225 e. The molecule has 0 bridgehead atoms. The fourth-order valence-electron chi connectivity index (χ4n) is 2.64. The standard InChI is InChI=1S/C21H22N6O/c1-14(2)19(13-28)26-21-25-18(17-9-5-6-10-23-17)11-20(27-21)24-16-8-4-3-7-15(16)12-22/h3-11,14,19,28H,13H2,1-2H3,(H2,24,25,26,27)/t19-/m1/s1. The monoisotopic (exact) mass is 374 g/mol. The molecule has 0 saturated carbocycles. The Hall–Kier alpha value is -3.50. The van der Waals surface area contributed by atoms with E-state index in [1.165, 1.54) is 0 Å². The molecule has 3 rings (SSSR count). The maximum absolute atomic E-state index is 9.63. The molecule has 7 nitrogen and oxygen atoms in total. The number of nitrogens with one attached hydrogen (secondary N) is 2. The predicted octanol–water partition coefficient (Wildman–Crippen LogP) is 3.58. The van der Waals surface area contributed by atoms with E-state index in [1.54, 1.807) is 18.3 Å². The highest BCUT2D eigenvalue weighted by molar-refractivity contribution is 5.68. The number of aliphatic hydroxyl groups excluding tert-OH is 1. The van der Waals surface area contributed by atoms with E-state index in [2.05, 4.69) is 31.7 Å². The molecule has 0 radical (unpaired) electrons. The van der Waals surface area contributed by atoms with Crippen molar-refractivity contribution < 1.29 is 5.11 Å². The van der Waals surface area contributed by atoms with Crippen LogP contribution in [0.15, 0.2) is 54.7 Å². The van der Waals surface area contributed by atoms with Crippen molar-refractivity contribution in [3.63, 3.8) is 0 Å². The van der Waals surface area contributed by atoms with Gasteiger partial charge in [0.25, 0.3) is 0 Å². The van der Waals surface area contributed by atoms with Crippen molar-refractivity contribution in [3.05, 3.63) is 60.3 Å². The topological polar surface area (TPSA) is 107 Å². The summed E-state index contributed by atoms with van der Waals surface area (Å²) in [5.74, 6) is 1.11. The Balaban J connectivity index is 2.01. The van der Waals surface area contributed by atoms with Crippen molar-refractivity contribution in [2.45, 2.75) is 19.9 Å². The molecule has 1 aromatic carbocycles. The molecule has 0 amide bonds. The summed E-state index contributed by atoms with van der Waals surface area (Å²) in [6.45, 7) is 3.99. The Labute approximate surface area is 164 Å². The van der Waals surface area contributed by atoms with Crippen LogP contribution in [0, 0.1) is 17.2 Å².